The molecule has 1 aliphatic rings. The molecule has 0 aliphatic carbocycles. The van der Waals surface area contributed by atoms with Crippen LogP contribution in [0.4, 0.5) is 0 Å². The van der Waals surface area contributed by atoms with Gasteiger partial charge < -0.3 is 9.88 Å². The Balaban J connectivity index is 1.31. The number of aromatic amines is 2. The number of ketones is 2. The fourth-order valence-corrected chi connectivity index (χ4v) is 4.12. The molecular weight excluding hydrogens is 410 g/mol. The number of carbonyl (C=O) groups excluding carboxylic acids is 3. The van der Waals surface area contributed by atoms with E-state index in [2.05, 4.69) is 30.6 Å². The Morgan fingerprint density at radius 3 is 2.53 bits per heavy atom. The van der Waals surface area contributed by atoms with Gasteiger partial charge in [0.1, 0.15) is 5.69 Å². The molecule has 3 aromatic heterocycles. The smallest absolute Gasteiger partial charge is 0.295 e. The molecule has 0 radical (unpaired) electrons. The molecule has 0 atom stereocenters. The lowest BCUT2D eigenvalue weighted by atomic mass is 9.88. The van der Waals surface area contributed by atoms with Gasteiger partial charge in [-0.25, -0.2) is 0 Å². The predicted molar refractivity (Wildman–Crippen MR) is 114 cm³/mol. The van der Waals surface area contributed by atoms with Crippen molar-refractivity contribution in [2.75, 3.05) is 13.1 Å². The molecule has 0 unspecified atom stereocenters. The summed E-state index contributed by atoms with van der Waals surface area (Å²) in [5.41, 5.74) is 1.93. The first kappa shape index (κ1) is 19.7. The van der Waals surface area contributed by atoms with Gasteiger partial charge in [-0.05, 0) is 24.1 Å². The Kier molecular flexibility index (Phi) is 5.02. The van der Waals surface area contributed by atoms with E-state index >= 15 is 0 Å². The summed E-state index contributed by atoms with van der Waals surface area (Å²) in [7, 11) is 0. The fourth-order valence-electron chi connectivity index (χ4n) is 4.12. The van der Waals surface area contributed by atoms with E-state index in [1.165, 1.54) is 17.3 Å². The lowest BCUT2D eigenvalue weighted by Gasteiger charge is -2.30. The van der Waals surface area contributed by atoms with Gasteiger partial charge in [0.2, 0.25) is 5.82 Å². The number of tetrazole rings is 1. The highest BCUT2D eigenvalue weighted by Crippen LogP contribution is 2.27. The molecule has 32 heavy (non-hydrogen) atoms. The zero-order valence-electron chi connectivity index (χ0n) is 17.0. The average molecular weight is 429 g/mol. The normalized spacial score (nSPS) is 14.6. The quantitative estimate of drug-likeness (QED) is 0.366. The Bertz CT molecular complexity index is 1290. The van der Waals surface area contributed by atoms with Crippen molar-refractivity contribution in [2.24, 2.45) is 5.92 Å². The number of aromatic nitrogens is 6. The zero-order chi connectivity index (χ0) is 22.1. The van der Waals surface area contributed by atoms with Gasteiger partial charge in [0.05, 0.1) is 11.1 Å². The van der Waals surface area contributed by atoms with Gasteiger partial charge in [0.15, 0.2) is 5.78 Å². The van der Waals surface area contributed by atoms with E-state index in [4.69, 9.17) is 0 Å². The first-order valence-corrected chi connectivity index (χ1v) is 10.3. The molecule has 1 saturated heterocycles. The fraction of sp³-hybridized carbons (Fsp3) is 0.227. The van der Waals surface area contributed by atoms with Crippen LogP contribution in [-0.4, -0.2) is 66.1 Å². The number of Topliss-reactive ketones (excluding diaryl/α,β-unsaturated/α-hetero) is 2. The molecule has 10 nitrogen and oxygen atoms in total. The van der Waals surface area contributed by atoms with E-state index in [1.54, 1.807) is 18.2 Å². The maximum absolute atomic E-state index is 13.0. The van der Waals surface area contributed by atoms with Gasteiger partial charge in [0, 0.05) is 42.4 Å². The number of pyridine rings is 1. The van der Waals surface area contributed by atoms with Gasteiger partial charge in [0.25, 0.3) is 11.7 Å². The first-order valence-electron chi connectivity index (χ1n) is 10.3. The number of nitrogens with one attached hydrogen (secondary N) is 2. The summed E-state index contributed by atoms with van der Waals surface area (Å²) in [5.74, 6) is -0.952. The topological polar surface area (TPSA) is 138 Å². The minimum absolute atomic E-state index is 0.0853. The van der Waals surface area contributed by atoms with Crippen molar-refractivity contribution in [3.05, 3.63) is 59.9 Å². The molecular formula is C22H19N7O3. The molecule has 0 bridgehead atoms. The summed E-state index contributed by atoms with van der Waals surface area (Å²) in [6.45, 7) is 0.734. The number of benzene rings is 1. The van der Waals surface area contributed by atoms with Gasteiger partial charge in [-0.15, -0.1) is 10.2 Å². The Morgan fingerprint density at radius 1 is 1.03 bits per heavy atom. The molecule has 10 heteroatoms. The van der Waals surface area contributed by atoms with Crippen molar-refractivity contribution in [3.8, 4) is 11.5 Å². The van der Waals surface area contributed by atoms with Crippen LogP contribution in [0.1, 0.15) is 33.6 Å². The van der Waals surface area contributed by atoms with Gasteiger partial charge in [-0.2, -0.15) is 5.21 Å². The number of amides is 1. The maximum atomic E-state index is 13.0. The molecule has 1 fully saturated rings. The Morgan fingerprint density at radius 2 is 1.81 bits per heavy atom. The van der Waals surface area contributed by atoms with Crippen molar-refractivity contribution in [1.82, 2.24) is 35.5 Å². The lowest BCUT2D eigenvalue weighted by Crippen LogP contribution is -2.43. The van der Waals surface area contributed by atoms with Crippen molar-refractivity contribution < 1.29 is 14.4 Å². The molecule has 4 heterocycles. The highest BCUT2D eigenvalue weighted by atomic mass is 16.2. The van der Waals surface area contributed by atoms with Crippen LogP contribution >= 0.6 is 0 Å². The second kappa shape index (κ2) is 8.14. The number of piperidine rings is 1. The van der Waals surface area contributed by atoms with E-state index in [1.807, 2.05) is 18.2 Å². The number of nitrogens with zero attached hydrogens (tertiary/aromatic N) is 5. The van der Waals surface area contributed by atoms with E-state index in [0.29, 0.717) is 48.1 Å². The zero-order valence-corrected chi connectivity index (χ0v) is 17.0. The largest absolute Gasteiger partial charge is 0.359 e. The number of likely N-dealkylation sites (tertiary alicyclic amines) is 1. The van der Waals surface area contributed by atoms with Gasteiger partial charge in [-0.1, -0.05) is 30.3 Å². The SMILES string of the molecule is O=C(C(=O)N1CCC(C(=O)c2ccccc2)CC1)c1c[nH]c2c(-c3nn[nH]n3)nccc12. The van der Waals surface area contributed by atoms with E-state index in [9.17, 15) is 14.4 Å². The number of H-pyrrole nitrogens is 2. The second-order valence-electron chi connectivity index (χ2n) is 7.65. The summed E-state index contributed by atoms with van der Waals surface area (Å²) in [6.07, 6.45) is 4.10. The summed E-state index contributed by atoms with van der Waals surface area (Å²) in [5, 5.41) is 14.3. The summed E-state index contributed by atoms with van der Waals surface area (Å²) in [4.78, 5) is 47.4. The minimum Gasteiger partial charge on any atom is -0.359 e. The van der Waals surface area contributed by atoms with Crippen LogP contribution in [0.25, 0.3) is 22.4 Å². The Labute approximate surface area is 182 Å². The van der Waals surface area contributed by atoms with Crippen LogP contribution in [0.15, 0.2) is 48.8 Å². The number of hydrogen-bond acceptors (Lipinski definition) is 7. The molecule has 160 valence electrons. The molecule has 1 amide bonds. The van der Waals surface area contributed by atoms with Crippen molar-refractivity contribution >= 4 is 28.4 Å². The molecule has 5 rings (SSSR count). The van der Waals surface area contributed by atoms with E-state index in [0.717, 1.165) is 0 Å². The standard InChI is InChI=1S/C22H19N7O3/c30-19(13-4-2-1-3-5-13)14-7-10-29(11-8-14)22(32)20(31)16-12-24-17-15(16)6-9-23-18(17)21-25-27-28-26-21/h1-6,9,12,14,24H,7-8,10-11H2,(H,25,26,27,28). The summed E-state index contributed by atoms with van der Waals surface area (Å²) >= 11 is 0. The third kappa shape index (κ3) is 3.45. The summed E-state index contributed by atoms with van der Waals surface area (Å²) in [6, 6.07) is 10.8. The van der Waals surface area contributed by atoms with Crippen molar-refractivity contribution in [3.63, 3.8) is 0 Å². The molecule has 1 aromatic carbocycles. The third-order valence-electron chi connectivity index (χ3n) is 5.81. The maximum Gasteiger partial charge on any atom is 0.295 e. The predicted octanol–water partition coefficient (Wildman–Crippen LogP) is 2.05. The van der Waals surface area contributed by atoms with E-state index in [-0.39, 0.29) is 23.1 Å². The van der Waals surface area contributed by atoms with Crippen LogP contribution in [0, 0.1) is 5.92 Å². The monoisotopic (exact) mass is 429 g/mol. The molecule has 0 spiro atoms. The number of rotatable bonds is 5. The van der Waals surface area contributed by atoms with Crippen LogP contribution in [0.5, 0.6) is 0 Å². The number of hydrogen-bond donors (Lipinski definition) is 2. The second-order valence-corrected chi connectivity index (χ2v) is 7.65. The summed E-state index contributed by atoms with van der Waals surface area (Å²) < 4.78 is 0. The minimum atomic E-state index is -0.602. The number of carbonyl (C=O) groups is 3. The third-order valence-corrected chi connectivity index (χ3v) is 5.81. The highest BCUT2D eigenvalue weighted by Gasteiger charge is 2.32. The average Bonchev–Trinajstić information content (AvgIpc) is 3.53. The van der Waals surface area contributed by atoms with Crippen LogP contribution in [0.2, 0.25) is 0 Å². The Hall–Kier alpha value is -4.21. The van der Waals surface area contributed by atoms with Gasteiger partial charge >= 0.3 is 0 Å². The molecule has 2 N–H and O–H groups in total. The molecule has 1 aliphatic heterocycles. The molecule has 4 aromatic rings. The first-order chi connectivity index (χ1) is 15.6. The van der Waals surface area contributed by atoms with Gasteiger partial charge in [-0.3, -0.25) is 19.4 Å². The van der Waals surface area contributed by atoms with E-state index < -0.39 is 11.7 Å². The lowest BCUT2D eigenvalue weighted by molar-refractivity contribution is -0.127. The highest BCUT2D eigenvalue weighted by molar-refractivity contribution is 6.45. The van der Waals surface area contributed by atoms with Crippen LogP contribution < -0.4 is 0 Å². The van der Waals surface area contributed by atoms with Crippen molar-refractivity contribution in [2.45, 2.75) is 12.8 Å². The van der Waals surface area contributed by atoms with Crippen LogP contribution in [-0.2, 0) is 4.79 Å². The number of fused-ring (bicyclic) bond motifs is 1. The molecule has 0 saturated carbocycles. The van der Waals surface area contributed by atoms with Crippen molar-refractivity contribution in [1.29, 1.82) is 0 Å². The van der Waals surface area contributed by atoms with Crippen LogP contribution in [0.3, 0.4) is 0 Å².